The van der Waals surface area contributed by atoms with Crippen LogP contribution in [0.5, 0.6) is 0 Å². The summed E-state index contributed by atoms with van der Waals surface area (Å²) in [5, 5.41) is 3.41. The van der Waals surface area contributed by atoms with Crippen molar-refractivity contribution in [1.29, 1.82) is 0 Å². The van der Waals surface area contributed by atoms with Gasteiger partial charge in [0.25, 0.3) is 0 Å². The van der Waals surface area contributed by atoms with E-state index >= 15 is 0 Å². The van der Waals surface area contributed by atoms with Gasteiger partial charge in [-0.25, -0.2) is 4.98 Å². The van der Waals surface area contributed by atoms with Gasteiger partial charge in [0, 0.05) is 27.2 Å². The van der Waals surface area contributed by atoms with Crippen LogP contribution in [0, 0.1) is 0 Å². The van der Waals surface area contributed by atoms with Crippen LogP contribution in [0.4, 0.5) is 0 Å². The second-order valence-electron chi connectivity index (χ2n) is 6.82. The molecule has 0 bridgehead atoms. The van der Waals surface area contributed by atoms with Crippen LogP contribution in [0.15, 0.2) is 65.8 Å². The summed E-state index contributed by atoms with van der Waals surface area (Å²) in [6, 6.07) is 18.6. The molecule has 1 aromatic heterocycles. The zero-order chi connectivity index (χ0) is 20.5. The minimum Gasteiger partial charge on any atom is -0.377 e. The first kappa shape index (κ1) is 23.9. The van der Waals surface area contributed by atoms with Gasteiger partial charge < -0.3 is 19.9 Å². The molecule has 0 saturated heterocycles. The number of rotatable bonds is 8. The van der Waals surface area contributed by atoms with Gasteiger partial charge in [0.1, 0.15) is 5.82 Å². The van der Waals surface area contributed by atoms with Crippen LogP contribution >= 0.6 is 24.0 Å². The van der Waals surface area contributed by atoms with Crippen molar-refractivity contribution in [3.63, 3.8) is 0 Å². The SMILES string of the molecule is CCOCc1ccc(CNC(=NC)N(C)Cc2ncc(-c3ccccc3)[nH]2)cc1.I. The molecule has 0 spiro atoms. The third-order valence-electron chi connectivity index (χ3n) is 4.62. The number of nitrogens with one attached hydrogen (secondary N) is 2. The maximum atomic E-state index is 5.44. The average molecular weight is 519 g/mol. The van der Waals surface area contributed by atoms with Gasteiger partial charge in [-0.3, -0.25) is 4.99 Å². The Hall–Kier alpha value is -2.39. The van der Waals surface area contributed by atoms with E-state index in [1.165, 1.54) is 11.1 Å². The largest absolute Gasteiger partial charge is 0.377 e. The highest BCUT2D eigenvalue weighted by Gasteiger charge is 2.10. The number of nitrogens with zero attached hydrogens (tertiary/aromatic N) is 3. The lowest BCUT2D eigenvalue weighted by atomic mass is 10.1. The summed E-state index contributed by atoms with van der Waals surface area (Å²) in [5.41, 5.74) is 4.53. The maximum Gasteiger partial charge on any atom is 0.194 e. The zero-order valence-corrected chi connectivity index (χ0v) is 20.1. The molecule has 7 heteroatoms. The topological polar surface area (TPSA) is 65.5 Å². The Kier molecular flexibility index (Phi) is 9.82. The van der Waals surface area contributed by atoms with Crippen LogP contribution in [0.1, 0.15) is 23.9 Å². The quantitative estimate of drug-likeness (QED) is 0.263. The molecule has 0 aliphatic heterocycles. The molecule has 2 aromatic carbocycles. The summed E-state index contributed by atoms with van der Waals surface area (Å²) >= 11 is 0. The highest BCUT2D eigenvalue weighted by Crippen LogP contribution is 2.16. The fraction of sp³-hybridized carbons (Fsp3) is 0.304. The fourth-order valence-corrected chi connectivity index (χ4v) is 3.05. The van der Waals surface area contributed by atoms with Crippen molar-refractivity contribution in [3.05, 3.63) is 77.7 Å². The van der Waals surface area contributed by atoms with Crippen molar-refractivity contribution < 1.29 is 4.74 Å². The lowest BCUT2D eigenvalue weighted by molar-refractivity contribution is 0.134. The summed E-state index contributed by atoms with van der Waals surface area (Å²) in [5.74, 6) is 1.72. The first-order valence-electron chi connectivity index (χ1n) is 9.86. The Morgan fingerprint density at radius 1 is 1.10 bits per heavy atom. The van der Waals surface area contributed by atoms with Crippen molar-refractivity contribution >= 4 is 29.9 Å². The fourth-order valence-electron chi connectivity index (χ4n) is 3.05. The molecule has 1 heterocycles. The molecule has 0 aliphatic carbocycles. The lowest BCUT2D eigenvalue weighted by Gasteiger charge is -2.21. The number of H-pyrrole nitrogens is 1. The van der Waals surface area contributed by atoms with E-state index in [-0.39, 0.29) is 24.0 Å². The maximum absolute atomic E-state index is 5.44. The third-order valence-corrected chi connectivity index (χ3v) is 4.62. The number of ether oxygens (including phenoxy) is 1. The molecule has 0 unspecified atom stereocenters. The van der Waals surface area contributed by atoms with Crippen LogP contribution in [-0.2, 0) is 24.4 Å². The Balaban J connectivity index is 0.00000320. The average Bonchev–Trinajstić information content (AvgIpc) is 3.22. The summed E-state index contributed by atoms with van der Waals surface area (Å²) in [7, 11) is 3.80. The van der Waals surface area contributed by atoms with Crippen molar-refractivity contribution in [2.24, 2.45) is 4.99 Å². The molecule has 160 valence electrons. The van der Waals surface area contributed by atoms with Crippen molar-refractivity contribution in [2.45, 2.75) is 26.6 Å². The molecule has 6 nitrogen and oxygen atoms in total. The highest BCUT2D eigenvalue weighted by atomic mass is 127. The van der Waals surface area contributed by atoms with Gasteiger partial charge in [-0.15, -0.1) is 24.0 Å². The van der Waals surface area contributed by atoms with Crippen LogP contribution in [0.25, 0.3) is 11.3 Å². The number of guanidine groups is 1. The molecule has 0 atom stereocenters. The number of hydrogen-bond acceptors (Lipinski definition) is 3. The summed E-state index contributed by atoms with van der Waals surface area (Å²) in [6.07, 6.45) is 1.87. The Bertz CT molecular complexity index is 909. The van der Waals surface area contributed by atoms with E-state index in [1.807, 2.05) is 38.4 Å². The number of aromatic nitrogens is 2. The van der Waals surface area contributed by atoms with E-state index in [0.29, 0.717) is 19.7 Å². The van der Waals surface area contributed by atoms with Gasteiger partial charge in [-0.2, -0.15) is 0 Å². The number of aliphatic imine (C=N–C) groups is 1. The second-order valence-corrected chi connectivity index (χ2v) is 6.82. The monoisotopic (exact) mass is 519 g/mol. The minimum atomic E-state index is 0. The van der Waals surface area contributed by atoms with E-state index in [2.05, 4.69) is 61.6 Å². The van der Waals surface area contributed by atoms with Gasteiger partial charge in [-0.05, 0) is 23.6 Å². The predicted molar refractivity (Wildman–Crippen MR) is 133 cm³/mol. The standard InChI is InChI=1S/C23H29N5O.HI/c1-4-29-17-19-12-10-18(11-13-19)14-26-23(24-2)28(3)16-22-25-15-21(27-22)20-8-6-5-7-9-20;/h5-13,15H,4,14,16-17H2,1-3H3,(H,24,26)(H,25,27);1H. The highest BCUT2D eigenvalue weighted by molar-refractivity contribution is 14.0. The first-order valence-corrected chi connectivity index (χ1v) is 9.86. The smallest absolute Gasteiger partial charge is 0.194 e. The molecule has 0 aliphatic rings. The summed E-state index contributed by atoms with van der Waals surface area (Å²) in [4.78, 5) is 14.3. The molecule has 0 radical (unpaired) electrons. The molecule has 3 aromatic rings. The first-order chi connectivity index (χ1) is 14.2. The van der Waals surface area contributed by atoms with Crippen molar-refractivity contribution in [1.82, 2.24) is 20.2 Å². The number of benzene rings is 2. The van der Waals surface area contributed by atoms with Gasteiger partial charge >= 0.3 is 0 Å². The lowest BCUT2D eigenvalue weighted by Crippen LogP contribution is -2.38. The van der Waals surface area contributed by atoms with Gasteiger partial charge in [-0.1, -0.05) is 54.6 Å². The van der Waals surface area contributed by atoms with Gasteiger partial charge in [0.05, 0.1) is 25.0 Å². The van der Waals surface area contributed by atoms with Crippen LogP contribution in [-0.4, -0.2) is 41.5 Å². The molecular formula is C23H30IN5O. The van der Waals surface area contributed by atoms with E-state index in [4.69, 9.17) is 4.74 Å². The predicted octanol–water partition coefficient (Wildman–Crippen LogP) is 4.44. The van der Waals surface area contributed by atoms with Gasteiger partial charge in [0.15, 0.2) is 5.96 Å². The molecule has 0 amide bonds. The summed E-state index contributed by atoms with van der Waals surface area (Å²) < 4.78 is 5.44. The molecule has 2 N–H and O–H groups in total. The Labute approximate surface area is 195 Å². The normalized spacial score (nSPS) is 11.1. The minimum absolute atomic E-state index is 0. The van der Waals surface area contributed by atoms with Crippen LogP contribution < -0.4 is 5.32 Å². The molecule has 30 heavy (non-hydrogen) atoms. The third kappa shape index (κ3) is 6.84. The molecule has 3 rings (SSSR count). The van der Waals surface area contributed by atoms with Crippen LogP contribution in [0.3, 0.4) is 0 Å². The zero-order valence-electron chi connectivity index (χ0n) is 17.8. The molecule has 0 saturated carbocycles. The van der Waals surface area contributed by atoms with Gasteiger partial charge in [0.2, 0.25) is 0 Å². The van der Waals surface area contributed by atoms with E-state index in [0.717, 1.165) is 29.6 Å². The van der Waals surface area contributed by atoms with Crippen molar-refractivity contribution in [3.8, 4) is 11.3 Å². The van der Waals surface area contributed by atoms with Crippen LogP contribution in [0.2, 0.25) is 0 Å². The number of imidazole rings is 1. The van der Waals surface area contributed by atoms with E-state index in [9.17, 15) is 0 Å². The molecular weight excluding hydrogens is 489 g/mol. The number of aromatic amines is 1. The summed E-state index contributed by atoms with van der Waals surface area (Å²) in [6.45, 7) is 4.74. The second kappa shape index (κ2) is 12.3. The Morgan fingerprint density at radius 2 is 1.80 bits per heavy atom. The van der Waals surface area contributed by atoms with Crippen molar-refractivity contribution in [2.75, 3.05) is 20.7 Å². The Morgan fingerprint density at radius 3 is 2.47 bits per heavy atom. The number of hydrogen-bond donors (Lipinski definition) is 2. The number of halogens is 1. The molecule has 0 fully saturated rings. The van der Waals surface area contributed by atoms with E-state index in [1.54, 1.807) is 7.05 Å². The van der Waals surface area contributed by atoms with E-state index < -0.39 is 0 Å².